The topological polar surface area (TPSA) is 61.0 Å². The van der Waals surface area contributed by atoms with E-state index >= 15 is 0 Å². The number of hydrogen-bond acceptors (Lipinski definition) is 4. The van der Waals surface area contributed by atoms with Gasteiger partial charge in [0.2, 0.25) is 5.91 Å². The highest BCUT2D eigenvalue weighted by molar-refractivity contribution is 7.10. The third-order valence-corrected chi connectivity index (χ3v) is 5.33. The Kier molecular flexibility index (Phi) is 4.64. The normalized spacial score (nSPS) is 10.9. The van der Waals surface area contributed by atoms with Gasteiger partial charge in [-0.1, -0.05) is 24.3 Å². The minimum atomic E-state index is -0.0609. The average Bonchev–Trinajstić information content (AvgIpc) is 3.31. The largest absolute Gasteiger partial charge is 0.378 e. The molecule has 6 heteroatoms. The third-order valence-electron chi connectivity index (χ3n) is 4.45. The van der Waals surface area contributed by atoms with Gasteiger partial charge in [0, 0.05) is 30.0 Å². The summed E-state index contributed by atoms with van der Waals surface area (Å²) >= 11 is 1.58. The van der Waals surface area contributed by atoms with Crippen LogP contribution < -0.4 is 10.2 Å². The molecule has 4 rings (SSSR count). The molecule has 0 saturated heterocycles. The van der Waals surface area contributed by atoms with Gasteiger partial charge in [0.15, 0.2) is 5.82 Å². The summed E-state index contributed by atoms with van der Waals surface area (Å²) in [6.07, 6.45) is 0.363. The predicted molar refractivity (Wildman–Crippen MR) is 113 cm³/mol. The van der Waals surface area contributed by atoms with Gasteiger partial charge in [-0.05, 0) is 46.8 Å². The number of nitrogens with one attached hydrogen (secondary N) is 2. The molecule has 0 aliphatic heterocycles. The molecule has 0 atom stereocenters. The quantitative estimate of drug-likeness (QED) is 0.538. The SMILES string of the molecule is CN(C)c1ccc(-c2ccc3c(NC(=O)Cc4cccs4)n[nH]c3c2)cc1. The molecule has 0 bridgehead atoms. The molecule has 27 heavy (non-hydrogen) atoms. The molecule has 0 aliphatic carbocycles. The third kappa shape index (κ3) is 3.71. The van der Waals surface area contributed by atoms with Gasteiger partial charge in [0.25, 0.3) is 0 Å². The van der Waals surface area contributed by atoms with Gasteiger partial charge in [0.1, 0.15) is 0 Å². The summed E-state index contributed by atoms with van der Waals surface area (Å²) in [5, 5.41) is 13.1. The number of hydrogen-bond donors (Lipinski definition) is 2. The maximum absolute atomic E-state index is 12.2. The number of nitrogens with zero attached hydrogens (tertiary/aromatic N) is 2. The summed E-state index contributed by atoms with van der Waals surface area (Å²) in [7, 11) is 4.06. The molecule has 4 aromatic rings. The number of aromatic amines is 1. The number of anilines is 2. The number of H-pyrrole nitrogens is 1. The fourth-order valence-corrected chi connectivity index (χ4v) is 3.70. The maximum Gasteiger partial charge on any atom is 0.230 e. The molecule has 0 aliphatic rings. The van der Waals surface area contributed by atoms with Crippen molar-refractivity contribution in [2.75, 3.05) is 24.3 Å². The summed E-state index contributed by atoms with van der Waals surface area (Å²) in [5.74, 6) is 0.510. The molecule has 136 valence electrons. The Morgan fingerprint density at radius 1 is 1.11 bits per heavy atom. The number of rotatable bonds is 5. The lowest BCUT2D eigenvalue weighted by Gasteiger charge is -2.12. The first-order valence-electron chi connectivity index (χ1n) is 8.68. The van der Waals surface area contributed by atoms with Crippen LogP contribution in [0.15, 0.2) is 60.0 Å². The van der Waals surface area contributed by atoms with Gasteiger partial charge in [-0.2, -0.15) is 5.10 Å². The number of carbonyl (C=O) groups is 1. The number of amides is 1. The Morgan fingerprint density at radius 3 is 2.59 bits per heavy atom. The molecular weight excluding hydrogens is 356 g/mol. The zero-order valence-corrected chi connectivity index (χ0v) is 16.0. The van der Waals surface area contributed by atoms with Crippen LogP contribution in [-0.2, 0) is 11.2 Å². The van der Waals surface area contributed by atoms with Gasteiger partial charge in [-0.25, -0.2) is 0 Å². The summed E-state index contributed by atoms with van der Waals surface area (Å²) in [4.78, 5) is 15.3. The zero-order valence-electron chi connectivity index (χ0n) is 15.2. The lowest BCUT2D eigenvalue weighted by atomic mass is 10.0. The monoisotopic (exact) mass is 376 g/mol. The van der Waals surface area contributed by atoms with Crippen LogP contribution in [0.4, 0.5) is 11.5 Å². The van der Waals surface area contributed by atoms with E-state index in [-0.39, 0.29) is 5.91 Å². The molecule has 2 aromatic carbocycles. The van der Waals surface area contributed by atoms with Gasteiger partial charge in [0.05, 0.1) is 11.9 Å². The first-order valence-corrected chi connectivity index (χ1v) is 9.56. The van der Waals surface area contributed by atoms with Gasteiger partial charge in [-0.15, -0.1) is 11.3 Å². The van der Waals surface area contributed by atoms with E-state index in [1.807, 2.05) is 37.7 Å². The minimum Gasteiger partial charge on any atom is -0.378 e. The first kappa shape index (κ1) is 17.3. The first-order chi connectivity index (χ1) is 13.1. The Balaban J connectivity index is 1.55. The van der Waals surface area contributed by atoms with Crippen molar-refractivity contribution in [3.63, 3.8) is 0 Å². The van der Waals surface area contributed by atoms with E-state index in [9.17, 15) is 4.79 Å². The Bertz CT molecular complexity index is 1070. The number of thiophene rings is 1. The highest BCUT2D eigenvalue weighted by Crippen LogP contribution is 2.28. The summed E-state index contributed by atoms with van der Waals surface area (Å²) in [5.41, 5.74) is 4.31. The van der Waals surface area contributed by atoms with Crippen molar-refractivity contribution in [1.29, 1.82) is 0 Å². The van der Waals surface area contributed by atoms with Crippen LogP contribution in [0.1, 0.15) is 4.88 Å². The van der Waals surface area contributed by atoms with Crippen molar-refractivity contribution in [3.05, 3.63) is 64.9 Å². The summed E-state index contributed by atoms with van der Waals surface area (Å²) in [6.45, 7) is 0. The van der Waals surface area contributed by atoms with Crippen molar-refractivity contribution >= 4 is 39.7 Å². The van der Waals surface area contributed by atoms with Crippen molar-refractivity contribution in [1.82, 2.24) is 10.2 Å². The van der Waals surface area contributed by atoms with Crippen LogP contribution in [0.3, 0.4) is 0 Å². The van der Waals surface area contributed by atoms with E-state index in [4.69, 9.17) is 0 Å². The van der Waals surface area contributed by atoms with E-state index in [0.29, 0.717) is 12.2 Å². The second-order valence-corrected chi connectivity index (χ2v) is 7.61. The van der Waals surface area contributed by atoms with Crippen LogP contribution in [0.25, 0.3) is 22.0 Å². The molecule has 0 unspecified atom stereocenters. The van der Waals surface area contributed by atoms with Crippen molar-refractivity contribution < 1.29 is 4.79 Å². The van der Waals surface area contributed by atoms with Crippen LogP contribution >= 0.6 is 11.3 Å². The van der Waals surface area contributed by atoms with Crippen LogP contribution in [0.5, 0.6) is 0 Å². The molecule has 2 N–H and O–H groups in total. The van der Waals surface area contributed by atoms with E-state index in [1.54, 1.807) is 11.3 Å². The fraction of sp³-hybridized carbons (Fsp3) is 0.143. The van der Waals surface area contributed by atoms with Crippen molar-refractivity contribution in [2.24, 2.45) is 0 Å². The van der Waals surface area contributed by atoms with Gasteiger partial charge < -0.3 is 10.2 Å². The maximum atomic E-state index is 12.2. The molecule has 2 heterocycles. The van der Waals surface area contributed by atoms with E-state index < -0.39 is 0 Å². The van der Waals surface area contributed by atoms with E-state index in [1.165, 1.54) is 0 Å². The Labute approximate surface area is 161 Å². The van der Waals surface area contributed by atoms with Gasteiger partial charge in [-0.3, -0.25) is 9.89 Å². The lowest BCUT2D eigenvalue weighted by Crippen LogP contribution is -2.14. The smallest absolute Gasteiger partial charge is 0.230 e. The van der Waals surface area contributed by atoms with E-state index in [2.05, 4.69) is 56.8 Å². The molecule has 0 spiro atoms. The van der Waals surface area contributed by atoms with E-state index in [0.717, 1.165) is 32.6 Å². The number of carbonyl (C=O) groups excluding carboxylic acids is 1. The second kappa shape index (κ2) is 7.25. The van der Waals surface area contributed by atoms with Crippen molar-refractivity contribution in [3.8, 4) is 11.1 Å². The zero-order chi connectivity index (χ0) is 18.8. The average molecular weight is 376 g/mol. The van der Waals surface area contributed by atoms with Gasteiger partial charge >= 0.3 is 0 Å². The molecule has 1 amide bonds. The van der Waals surface area contributed by atoms with Crippen LogP contribution in [0, 0.1) is 0 Å². The standard InChI is InChI=1S/C21H20N4OS/c1-25(2)16-8-5-14(6-9-16)15-7-10-18-19(12-15)23-24-21(18)22-20(26)13-17-4-3-11-27-17/h3-12H,13H2,1-2H3,(H2,22,23,24,26). The number of fused-ring (bicyclic) bond motifs is 1. The second-order valence-electron chi connectivity index (χ2n) is 6.58. The lowest BCUT2D eigenvalue weighted by molar-refractivity contribution is -0.115. The summed E-state index contributed by atoms with van der Waals surface area (Å²) < 4.78 is 0. The number of benzene rings is 2. The summed E-state index contributed by atoms with van der Waals surface area (Å²) in [6, 6.07) is 18.4. The molecule has 0 saturated carbocycles. The molecule has 2 aromatic heterocycles. The molecule has 0 fully saturated rings. The highest BCUT2D eigenvalue weighted by Gasteiger charge is 2.11. The minimum absolute atomic E-state index is 0.0609. The number of aromatic nitrogens is 2. The highest BCUT2D eigenvalue weighted by atomic mass is 32.1. The van der Waals surface area contributed by atoms with Crippen LogP contribution in [-0.4, -0.2) is 30.2 Å². The Hall–Kier alpha value is -3.12. The van der Waals surface area contributed by atoms with Crippen LogP contribution in [0.2, 0.25) is 0 Å². The fourth-order valence-electron chi connectivity index (χ4n) is 2.99. The predicted octanol–water partition coefficient (Wildman–Crippen LogP) is 4.54. The molecule has 0 radical (unpaired) electrons. The molecular formula is C21H20N4OS. The Morgan fingerprint density at radius 2 is 1.89 bits per heavy atom. The molecule has 5 nitrogen and oxygen atoms in total. The van der Waals surface area contributed by atoms with Crippen molar-refractivity contribution in [2.45, 2.75) is 6.42 Å².